The summed E-state index contributed by atoms with van der Waals surface area (Å²) in [5.41, 5.74) is 1.11. The van der Waals surface area contributed by atoms with Crippen molar-refractivity contribution in [2.45, 2.75) is 42.4 Å². The van der Waals surface area contributed by atoms with E-state index in [0.29, 0.717) is 17.5 Å². The molecule has 1 saturated heterocycles. The number of piperidine rings is 1. The molecule has 1 aromatic carbocycles. The van der Waals surface area contributed by atoms with E-state index in [2.05, 4.69) is 14.7 Å². The van der Waals surface area contributed by atoms with Crippen LogP contribution in [0.25, 0.3) is 0 Å². The number of hydrogen-bond donors (Lipinski definition) is 1. The number of pyridine rings is 1. The largest absolute Gasteiger partial charge is 0.493 e. The normalized spacial score (nSPS) is 23.1. The van der Waals surface area contributed by atoms with Gasteiger partial charge in [-0.3, -0.25) is 14.6 Å². The number of anilines is 1. The molecule has 36 heavy (non-hydrogen) atoms. The van der Waals surface area contributed by atoms with Crippen molar-refractivity contribution < 1.29 is 30.7 Å². The molecule has 1 fully saturated rings. The fraction of sp³-hybridized carbons (Fsp3) is 0.391. The molecular formula is C23H22F4N4O3S2. The van der Waals surface area contributed by atoms with Gasteiger partial charge >= 0.3 is 6.18 Å². The number of thiazole rings is 1. The van der Waals surface area contributed by atoms with Gasteiger partial charge in [-0.05, 0) is 43.1 Å². The van der Waals surface area contributed by atoms with Crippen LogP contribution in [0.15, 0.2) is 53.1 Å². The molecule has 3 atom stereocenters. The first kappa shape index (κ1) is 24.9. The molecule has 1 N–H and O–H groups in total. The Hall–Kier alpha value is -2.77. The second-order valence-electron chi connectivity index (χ2n) is 8.71. The minimum absolute atomic E-state index is 0.0789. The lowest BCUT2D eigenvalue weighted by atomic mass is 9.84. The van der Waals surface area contributed by atoms with E-state index >= 15 is 4.39 Å². The van der Waals surface area contributed by atoms with E-state index in [9.17, 15) is 21.6 Å². The highest BCUT2D eigenvalue weighted by molar-refractivity contribution is 7.93. The fourth-order valence-corrected chi connectivity index (χ4v) is 6.80. The predicted octanol–water partition coefficient (Wildman–Crippen LogP) is 5.32. The highest BCUT2D eigenvalue weighted by Crippen LogP contribution is 2.48. The molecule has 0 aliphatic carbocycles. The van der Waals surface area contributed by atoms with Crippen LogP contribution in [0.5, 0.6) is 5.75 Å². The number of fused-ring (bicyclic) bond motifs is 1. The molecule has 0 amide bonds. The number of hydrogen-bond acceptors (Lipinski definition) is 7. The summed E-state index contributed by atoms with van der Waals surface area (Å²) < 4.78 is 89.6. The van der Waals surface area contributed by atoms with Crippen molar-refractivity contribution in [3.8, 4) is 5.75 Å². The van der Waals surface area contributed by atoms with Gasteiger partial charge in [0.05, 0.1) is 12.5 Å². The second kappa shape index (κ2) is 9.60. The third-order valence-corrected chi connectivity index (χ3v) is 8.79. The lowest BCUT2D eigenvalue weighted by Gasteiger charge is -2.46. The third-order valence-electron chi connectivity index (χ3n) is 6.61. The monoisotopic (exact) mass is 542 g/mol. The van der Waals surface area contributed by atoms with Gasteiger partial charge in [-0.1, -0.05) is 0 Å². The Labute approximate surface area is 209 Å². The predicted molar refractivity (Wildman–Crippen MR) is 125 cm³/mol. The lowest BCUT2D eigenvalue weighted by molar-refractivity contribution is -0.192. The highest BCUT2D eigenvalue weighted by Gasteiger charge is 2.46. The van der Waals surface area contributed by atoms with Crippen LogP contribution in [-0.4, -0.2) is 42.6 Å². The maximum Gasteiger partial charge on any atom is 0.391 e. The van der Waals surface area contributed by atoms with Gasteiger partial charge in [-0.25, -0.2) is 17.8 Å². The van der Waals surface area contributed by atoms with Crippen molar-refractivity contribution in [1.29, 1.82) is 0 Å². The number of sulfonamides is 1. The Morgan fingerprint density at radius 1 is 1.11 bits per heavy atom. The number of ether oxygens (including phenoxy) is 1. The summed E-state index contributed by atoms with van der Waals surface area (Å²) >= 11 is 1.05. The van der Waals surface area contributed by atoms with Crippen molar-refractivity contribution in [2.24, 2.45) is 5.92 Å². The van der Waals surface area contributed by atoms with Crippen LogP contribution in [0, 0.1) is 11.7 Å². The summed E-state index contributed by atoms with van der Waals surface area (Å²) in [6, 6.07) is 4.63. The average molecular weight is 543 g/mol. The molecule has 0 saturated carbocycles. The Bertz CT molecular complexity index is 1320. The molecule has 3 aromatic rings. The summed E-state index contributed by atoms with van der Waals surface area (Å²) in [5.74, 6) is -2.23. The van der Waals surface area contributed by atoms with Crippen LogP contribution < -0.4 is 9.46 Å². The van der Waals surface area contributed by atoms with Crippen molar-refractivity contribution in [2.75, 3.05) is 17.9 Å². The Morgan fingerprint density at radius 3 is 2.58 bits per heavy atom. The molecule has 7 nitrogen and oxygen atoms in total. The van der Waals surface area contributed by atoms with Gasteiger partial charge in [0.1, 0.15) is 16.5 Å². The molecule has 2 aliphatic heterocycles. The van der Waals surface area contributed by atoms with E-state index in [4.69, 9.17) is 4.74 Å². The summed E-state index contributed by atoms with van der Waals surface area (Å²) in [6.07, 6.45) is 0.390. The molecule has 13 heteroatoms. The molecule has 192 valence electrons. The number of benzene rings is 1. The van der Waals surface area contributed by atoms with Gasteiger partial charge in [0.25, 0.3) is 10.0 Å². The SMILES string of the molecule is O=S(=O)(Nc1nccs1)c1cc2c(cc1F)[C@H](N1CCC(C(F)(F)F)C[C@H]1c1ccncc1)CCO2. The van der Waals surface area contributed by atoms with E-state index in [-0.39, 0.29) is 36.9 Å². The van der Waals surface area contributed by atoms with Gasteiger partial charge in [0.15, 0.2) is 5.13 Å². The first-order valence-electron chi connectivity index (χ1n) is 11.2. The van der Waals surface area contributed by atoms with Gasteiger partial charge < -0.3 is 4.74 Å². The molecule has 5 rings (SSSR count). The van der Waals surface area contributed by atoms with Crippen LogP contribution >= 0.6 is 11.3 Å². The van der Waals surface area contributed by atoms with Gasteiger partial charge in [-0.15, -0.1) is 11.3 Å². The van der Waals surface area contributed by atoms with E-state index in [1.165, 1.54) is 18.6 Å². The van der Waals surface area contributed by atoms with Crippen molar-refractivity contribution >= 4 is 26.5 Å². The number of nitrogens with zero attached hydrogens (tertiary/aromatic N) is 3. The summed E-state index contributed by atoms with van der Waals surface area (Å²) in [5, 5.41) is 1.68. The number of rotatable bonds is 5. The van der Waals surface area contributed by atoms with Gasteiger partial charge in [0.2, 0.25) is 0 Å². The second-order valence-corrected chi connectivity index (χ2v) is 11.3. The van der Waals surface area contributed by atoms with E-state index in [1.807, 2.05) is 4.90 Å². The minimum Gasteiger partial charge on any atom is -0.493 e. The van der Waals surface area contributed by atoms with Crippen LogP contribution in [0.3, 0.4) is 0 Å². The molecule has 4 heterocycles. The molecule has 0 spiro atoms. The van der Waals surface area contributed by atoms with Crippen LogP contribution in [0.1, 0.15) is 42.5 Å². The zero-order valence-corrected chi connectivity index (χ0v) is 20.4. The smallest absolute Gasteiger partial charge is 0.391 e. The Morgan fingerprint density at radius 2 is 1.89 bits per heavy atom. The molecule has 0 radical (unpaired) electrons. The fourth-order valence-electron chi connectivity index (χ4n) is 4.93. The standard InChI is InChI=1S/C23H22F4N4O3S2/c24-17-12-16-18(4-9-34-20(16)13-21(17)36(32,33)30-22-29-7-10-35-22)31-8-3-15(23(25,26)27)11-19(31)14-1-5-28-6-2-14/h1-2,5-7,10,12-13,15,18-19H,3-4,8-9,11H2,(H,29,30)/t15?,18-,19+/m1/s1. The van der Waals surface area contributed by atoms with Crippen molar-refractivity contribution in [3.63, 3.8) is 0 Å². The summed E-state index contributed by atoms with van der Waals surface area (Å²) in [4.78, 5) is 9.20. The number of nitrogens with one attached hydrogen (secondary N) is 1. The molecule has 1 unspecified atom stereocenters. The Balaban J connectivity index is 1.49. The van der Waals surface area contributed by atoms with Crippen LogP contribution in [-0.2, 0) is 10.0 Å². The number of halogens is 4. The molecule has 0 bridgehead atoms. The van der Waals surface area contributed by atoms with E-state index in [0.717, 1.165) is 23.5 Å². The molecular weight excluding hydrogens is 520 g/mol. The number of alkyl halides is 3. The lowest BCUT2D eigenvalue weighted by Crippen LogP contribution is -2.44. The molecule has 2 aromatic heterocycles. The van der Waals surface area contributed by atoms with Gasteiger partial charge in [-0.2, -0.15) is 13.2 Å². The summed E-state index contributed by atoms with van der Waals surface area (Å²) in [7, 11) is -4.27. The maximum absolute atomic E-state index is 15.2. The Kier molecular flexibility index (Phi) is 6.64. The third kappa shape index (κ3) is 4.91. The topological polar surface area (TPSA) is 84.4 Å². The van der Waals surface area contributed by atoms with Crippen LogP contribution in [0.4, 0.5) is 22.7 Å². The summed E-state index contributed by atoms with van der Waals surface area (Å²) in [6.45, 7) is 0.361. The maximum atomic E-state index is 15.2. The van der Waals surface area contributed by atoms with Crippen molar-refractivity contribution in [1.82, 2.24) is 14.9 Å². The zero-order chi connectivity index (χ0) is 25.5. The quantitative estimate of drug-likeness (QED) is 0.440. The minimum atomic E-state index is -4.31. The van der Waals surface area contributed by atoms with Gasteiger partial charge in [0, 0.05) is 54.1 Å². The first-order chi connectivity index (χ1) is 17.1. The van der Waals surface area contributed by atoms with Crippen molar-refractivity contribution in [3.05, 3.63) is 65.2 Å². The number of likely N-dealkylation sites (tertiary alicyclic amines) is 1. The molecule has 2 aliphatic rings. The van der Waals surface area contributed by atoms with Crippen LogP contribution in [0.2, 0.25) is 0 Å². The highest BCUT2D eigenvalue weighted by atomic mass is 32.2. The van der Waals surface area contributed by atoms with E-state index in [1.54, 1.807) is 17.5 Å². The first-order valence-corrected chi connectivity index (χ1v) is 13.6. The zero-order valence-electron chi connectivity index (χ0n) is 18.8. The number of aromatic nitrogens is 2. The van der Waals surface area contributed by atoms with E-state index < -0.39 is 44.9 Å². The average Bonchev–Trinajstić information content (AvgIpc) is 3.35.